The molecule has 3 amide bonds. The number of para-hydroxylation sites is 1. The van der Waals surface area contributed by atoms with Crippen molar-refractivity contribution in [1.82, 2.24) is 10.2 Å². The number of hydrogen-bond donors (Lipinski definition) is 2. The molecule has 26 heavy (non-hydrogen) atoms. The molecule has 0 spiro atoms. The van der Waals surface area contributed by atoms with Gasteiger partial charge in [0.1, 0.15) is 0 Å². The van der Waals surface area contributed by atoms with Crippen molar-refractivity contribution in [3.8, 4) is 0 Å². The Morgan fingerprint density at radius 2 is 1.85 bits per heavy atom. The molecular weight excluding hydrogens is 373 g/mol. The lowest BCUT2D eigenvalue weighted by Gasteiger charge is -2.34. The quantitative estimate of drug-likeness (QED) is 0.805. The SMILES string of the molecule is CC1=C(C(=O)Nc2ccccc2)C(c2ccc(Cl)cc2Cl)NC(=O)N1C. The lowest BCUT2D eigenvalue weighted by molar-refractivity contribution is -0.113. The topological polar surface area (TPSA) is 61.4 Å². The third-order valence-electron chi connectivity index (χ3n) is 4.30. The van der Waals surface area contributed by atoms with Gasteiger partial charge in [0.15, 0.2) is 0 Å². The molecule has 0 aromatic heterocycles. The zero-order chi connectivity index (χ0) is 18.8. The summed E-state index contributed by atoms with van der Waals surface area (Å²) in [5.74, 6) is -0.309. The summed E-state index contributed by atoms with van der Waals surface area (Å²) in [4.78, 5) is 26.7. The van der Waals surface area contributed by atoms with Crippen LogP contribution in [-0.2, 0) is 4.79 Å². The summed E-state index contributed by atoms with van der Waals surface area (Å²) < 4.78 is 0. The van der Waals surface area contributed by atoms with E-state index in [9.17, 15) is 9.59 Å². The van der Waals surface area contributed by atoms with E-state index < -0.39 is 6.04 Å². The van der Waals surface area contributed by atoms with Crippen molar-refractivity contribution in [2.24, 2.45) is 0 Å². The van der Waals surface area contributed by atoms with Crippen LogP contribution in [0.15, 0.2) is 59.8 Å². The molecule has 1 aliphatic rings. The number of nitrogens with one attached hydrogen (secondary N) is 2. The summed E-state index contributed by atoms with van der Waals surface area (Å²) in [6.45, 7) is 1.73. The predicted octanol–water partition coefficient (Wildman–Crippen LogP) is 4.60. The second kappa shape index (κ2) is 7.40. The standard InChI is InChI=1S/C19H17Cl2N3O2/c1-11-16(18(25)22-13-6-4-3-5-7-13)17(23-19(26)24(11)2)14-9-8-12(20)10-15(14)21/h3-10,17H,1-2H3,(H,22,25)(H,23,26). The van der Waals surface area contributed by atoms with Gasteiger partial charge < -0.3 is 15.5 Å². The van der Waals surface area contributed by atoms with Gasteiger partial charge in [-0.15, -0.1) is 0 Å². The normalized spacial score (nSPS) is 17.2. The van der Waals surface area contributed by atoms with E-state index in [2.05, 4.69) is 10.6 Å². The van der Waals surface area contributed by atoms with Crippen molar-refractivity contribution in [2.75, 3.05) is 12.4 Å². The number of carbonyl (C=O) groups excluding carboxylic acids is 2. The number of nitrogens with zero attached hydrogens (tertiary/aromatic N) is 1. The molecule has 7 heteroatoms. The van der Waals surface area contributed by atoms with Crippen molar-refractivity contribution in [2.45, 2.75) is 13.0 Å². The van der Waals surface area contributed by atoms with Crippen LogP contribution in [0.3, 0.4) is 0 Å². The van der Waals surface area contributed by atoms with E-state index in [0.29, 0.717) is 32.6 Å². The fourth-order valence-corrected chi connectivity index (χ4v) is 3.34. The number of urea groups is 1. The Labute approximate surface area is 161 Å². The minimum absolute atomic E-state index is 0.309. The van der Waals surface area contributed by atoms with Gasteiger partial charge in [-0.1, -0.05) is 47.5 Å². The number of carbonyl (C=O) groups is 2. The maximum absolute atomic E-state index is 13.0. The highest BCUT2D eigenvalue weighted by atomic mass is 35.5. The molecule has 5 nitrogen and oxygen atoms in total. The van der Waals surface area contributed by atoms with Crippen molar-refractivity contribution < 1.29 is 9.59 Å². The Morgan fingerprint density at radius 3 is 2.50 bits per heavy atom. The smallest absolute Gasteiger partial charge is 0.322 e. The first-order valence-electron chi connectivity index (χ1n) is 7.95. The third kappa shape index (κ3) is 3.54. The van der Waals surface area contributed by atoms with Gasteiger partial charge >= 0.3 is 6.03 Å². The Morgan fingerprint density at radius 1 is 1.15 bits per heavy atom. The van der Waals surface area contributed by atoms with Gasteiger partial charge in [0.05, 0.1) is 11.6 Å². The molecule has 2 aromatic carbocycles. The highest BCUT2D eigenvalue weighted by Crippen LogP contribution is 2.35. The zero-order valence-corrected chi connectivity index (χ0v) is 15.7. The number of benzene rings is 2. The summed E-state index contributed by atoms with van der Waals surface area (Å²) in [7, 11) is 1.61. The van der Waals surface area contributed by atoms with Crippen LogP contribution in [0.2, 0.25) is 10.0 Å². The fraction of sp³-hybridized carbons (Fsp3) is 0.158. The number of allylic oxidation sites excluding steroid dienone is 1. The third-order valence-corrected chi connectivity index (χ3v) is 4.87. The van der Waals surface area contributed by atoms with Crippen molar-refractivity contribution >= 4 is 40.8 Å². The first-order valence-corrected chi connectivity index (χ1v) is 8.70. The second-order valence-electron chi connectivity index (χ2n) is 5.93. The fourth-order valence-electron chi connectivity index (χ4n) is 2.82. The Balaban J connectivity index is 2.04. The molecule has 0 aliphatic carbocycles. The molecule has 3 rings (SSSR count). The van der Waals surface area contributed by atoms with Crippen LogP contribution in [0.1, 0.15) is 18.5 Å². The number of hydrogen-bond acceptors (Lipinski definition) is 2. The van der Waals surface area contributed by atoms with Gasteiger partial charge in [-0.05, 0) is 36.8 Å². The van der Waals surface area contributed by atoms with E-state index in [1.54, 1.807) is 44.3 Å². The first kappa shape index (κ1) is 18.3. The molecule has 1 heterocycles. The number of rotatable bonds is 3. The zero-order valence-electron chi connectivity index (χ0n) is 14.2. The van der Waals surface area contributed by atoms with E-state index in [-0.39, 0.29) is 11.9 Å². The summed E-state index contributed by atoms with van der Waals surface area (Å²) in [5.41, 5.74) is 2.24. The average molecular weight is 390 g/mol. The van der Waals surface area contributed by atoms with Crippen LogP contribution in [0.4, 0.5) is 10.5 Å². The molecule has 134 valence electrons. The van der Waals surface area contributed by atoms with E-state index in [0.717, 1.165) is 0 Å². The van der Waals surface area contributed by atoms with Gasteiger partial charge in [-0.3, -0.25) is 4.79 Å². The minimum Gasteiger partial charge on any atom is -0.326 e. The van der Waals surface area contributed by atoms with Crippen LogP contribution >= 0.6 is 23.2 Å². The minimum atomic E-state index is -0.674. The van der Waals surface area contributed by atoms with Crippen LogP contribution in [0, 0.1) is 0 Å². The van der Waals surface area contributed by atoms with Gasteiger partial charge in [0.2, 0.25) is 0 Å². The summed E-state index contributed by atoms with van der Waals surface area (Å²) >= 11 is 12.3. The van der Waals surface area contributed by atoms with Crippen molar-refractivity contribution in [1.29, 1.82) is 0 Å². The van der Waals surface area contributed by atoms with Crippen LogP contribution < -0.4 is 10.6 Å². The van der Waals surface area contributed by atoms with Gasteiger partial charge in [0, 0.05) is 28.5 Å². The van der Waals surface area contributed by atoms with E-state index in [1.807, 2.05) is 18.2 Å². The molecular formula is C19H17Cl2N3O2. The molecule has 0 fully saturated rings. The largest absolute Gasteiger partial charge is 0.326 e. The molecule has 1 unspecified atom stereocenters. The molecule has 2 N–H and O–H groups in total. The molecule has 2 aromatic rings. The lowest BCUT2D eigenvalue weighted by atomic mass is 9.94. The van der Waals surface area contributed by atoms with Crippen molar-refractivity contribution in [3.63, 3.8) is 0 Å². The maximum Gasteiger partial charge on any atom is 0.322 e. The molecule has 1 aliphatic heterocycles. The van der Waals surface area contributed by atoms with E-state index in [4.69, 9.17) is 23.2 Å². The van der Waals surface area contributed by atoms with Crippen LogP contribution in [-0.4, -0.2) is 23.9 Å². The summed E-state index contributed by atoms with van der Waals surface area (Å²) in [6.07, 6.45) is 0. The number of halogens is 2. The maximum atomic E-state index is 13.0. The van der Waals surface area contributed by atoms with Gasteiger partial charge in [-0.25, -0.2) is 4.79 Å². The number of anilines is 1. The first-order chi connectivity index (χ1) is 12.4. The average Bonchev–Trinajstić information content (AvgIpc) is 2.60. The van der Waals surface area contributed by atoms with Gasteiger partial charge in [-0.2, -0.15) is 0 Å². The molecule has 1 atom stereocenters. The predicted molar refractivity (Wildman–Crippen MR) is 103 cm³/mol. The number of amides is 3. The Bertz CT molecular complexity index is 897. The second-order valence-corrected chi connectivity index (χ2v) is 6.77. The Hall–Kier alpha value is -2.50. The van der Waals surface area contributed by atoms with E-state index in [1.165, 1.54) is 4.90 Å². The summed E-state index contributed by atoms with van der Waals surface area (Å²) in [5, 5.41) is 6.56. The molecule has 0 bridgehead atoms. The lowest BCUT2D eigenvalue weighted by Crippen LogP contribution is -2.46. The highest BCUT2D eigenvalue weighted by molar-refractivity contribution is 6.35. The van der Waals surface area contributed by atoms with Crippen LogP contribution in [0.25, 0.3) is 0 Å². The molecule has 0 saturated heterocycles. The van der Waals surface area contributed by atoms with Crippen LogP contribution in [0.5, 0.6) is 0 Å². The van der Waals surface area contributed by atoms with Crippen molar-refractivity contribution in [3.05, 3.63) is 75.4 Å². The van der Waals surface area contributed by atoms with Gasteiger partial charge in [0.25, 0.3) is 5.91 Å². The molecule has 0 radical (unpaired) electrons. The Kier molecular flexibility index (Phi) is 5.20. The van der Waals surface area contributed by atoms with E-state index >= 15 is 0 Å². The molecule has 0 saturated carbocycles. The monoisotopic (exact) mass is 389 g/mol. The highest BCUT2D eigenvalue weighted by Gasteiger charge is 2.35. The summed E-state index contributed by atoms with van der Waals surface area (Å²) in [6, 6.07) is 13.1.